The molecule has 0 bridgehead atoms. The Hall–Kier alpha value is -2.03. The fourth-order valence-corrected chi connectivity index (χ4v) is 1.67. The Morgan fingerprint density at radius 3 is 2.81 bits per heavy atom. The second kappa shape index (κ2) is 9.01. The number of aliphatic hydroxyl groups is 1. The van der Waals surface area contributed by atoms with Gasteiger partial charge in [0.15, 0.2) is 0 Å². The van der Waals surface area contributed by atoms with Crippen molar-refractivity contribution in [3.8, 4) is 11.8 Å². The quantitative estimate of drug-likeness (QED) is 0.636. The molecule has 0 saturated carbocycles. The molecule has 0 radical (unpaired) electrons. The summed E-state index contributed by atoms with van der Waals surface area (Å²) in [5.74, 6) is 4.63. The lowest BCUT2D eigenvalue weighted by Crippen LogP contribution is -2.30. The summed E-state index contributed by atoms with van der Waals surface area (Å²) in [5, 5.41) is 11.4. The highest BCUT2D eigenvalue weighted by molar-refractivity contribution is 6.32. The average Bonchev–Trinajstić information content (AvgIpc) is 2.47. The van der Waals surface area contributed by atoms with Crippen LogP contribution in [-0.4, -0.2) is 36.7 Å². The number of carbonyl (C=O) groups excluding carboxylic acids is 2. The van der Waals surface area contributed by atoms with E-state index in [1.807, 2.05) is 0 Å². The van der Waals surface area contributed by atoms with E-state index in [2.05, 4.69) is 17.2 Å². The first-order valence-electron chi connectivity index (χ1n) is 6.41. The molecule has 0 fully saturated rings. The van der Waals surface area contributed by atoms with Crippen LogP contribution >= 0.6 is 11.6 Å². The maximum Gasteiger partial charge on any atom is 0.325 e. The summed E-state index contributed by atoms with van der Waals surface area (Å²) in [5.41, 5.74) is 0.907. The van der Waals surface area contributed by atoms with E-state index in [1.54, 1.807) is 19.1 Å². The number of amides is 1. The van der Waals surface area contributed by atoms with Gasteiger partial charge in [-0.25, -0.2) is 0 Å². The molecule has 0 heterocycles. The zero-order valence-electron chi connectivity index (χ0n) is 11.6. The third-order valence-electron chi connectivity index (χ3n) is 2.39. The van der Waals surface area contributed by atoms with Crippen LogP contribution in [0.2, 0.25) is 5.02 Å². The van der Waals surface area contributed by atoms with Crippen LogP contribution in [0, 0.1) is 11.8 Å². The van der Waals surface area contributed by atoms with E-state index in [1.165, 1.54) is 6.07 Å². The summed E-state index contributed by atoms with van der Waals surface area (Å²) in [7, 11) is 0. The molecule has 21 heavy (non-hydrogen) atoms. The van der Waals surface area contributed by atoms with Gasteiger partial charge in [-0.15, -0.1) is 0 Å². The molecule has 0 spiro atoms. The summed E-state index contributed by atoms with van der Waals surface area (Å²) >= 11 is 6.03. The largest absolute Gasteiger partial charge is 0.465 e. The van der Waals surface area contributed by atoms with Crippen molar-refractivity contribution < 1.29 is 19.4 Å². The van der Waals surface area contributed by atoms with Gasteiger partial charge in [0.25, 0.3) is 5.91 Å². The monoisotopic (exact) mass is 309 g/mol. The summed E-state index contributed by atoms with van der Waals surface area (Å²) in [4.78, 5) is 23.0. The maximum atomic E-state index is 11.8. The molecule has 0 saturated heterocycles. The molecule has 1 aromatic rings. The predicted molar refractivity (Wildman–Crippen MR) is 79.0 cm³/mol. The smallest absolute Gasteiger partial charge is 0.325 e. The fourth-order valence-electron chi connectivity index (χ4n) is 1.44. The first-order valence-corrected chi connectivity index (χ1v) is 6.79. The molecule has 0 unspecified atom stereocenters. The van der Waals surface area contributed by atoms with Crippen LogP contribution in [0.3, 0.4) is 0 Å². The molecule has 112 valence electrons. The number of aliphatic hydroxyl groups excluding tert-OH is 1. The highest BCUT2D eigenvalue weighted by Gasteiger charge is 2.10. The fraction of sp³-hybridized carbons (Fsp3) is 0.333. The zero-order chi connectivity index (χ0) is 15.7. The molecule has 0 aliphatic heterocycles. The molecule has 5 nitrogen and oxygen atoms in total. The number of esters is 1. The second-order valence-electron chi connectivity index (χ2n) is 3.96. The summed E-state index contributed by atoms with van der Waals surface area (Å²) in [6, 6.07) is 4.66. The average molecular weight is 310 g/mol. The van der Waals surface area contributed by atoms with Gasteiger partial charge in [-0.05, 0) is 25.1 Å². The van der Waals surface area contributed by atoms with Gasteiger partial charge >= 0.3 is 5.97 Å². The van der Waals surface area contributed by atoms with Gasteiger partial charge < -0.3 is 15.2 Å². The molecule has 0 aliphatic rings. The van der Waals surface area contributed by atoms with Gasteiger partial charge in [0.2, 0.25) is 0 Å². The van der Waals surface area contributed by atoms with Crippen LogP contribution in [0.25, 0.3) is 0 Å². The Labute approximate surface area is 128 Å². The van der Waals surface area contributed by atoms with E-state index in [4.69, 9.17) is 21.4 Å². The number of carbonyl (C=O) groups is 2. The van der Waals surface area contributed by atoms with Crippen LogP contribution in [0.4, 0.5) is 0 Å². The van der Waals surface area contributed by atoms with Gasteiger partial charge in [-0.2, -0.15) is 0 Å². The van der Waals surface area contributed by atoms with Crippen molar-refractivity contribution in [3.63, 3.8) is 0 Å². The molecular weight excluding hydrogens is 294 g/mol. The summed E-state index contributed by atoms with van der Waals surface area (Å²) in [6.07, 6.45) is 0.359. The highest BCUT2D eigenvalue weighted by Crippen LogP contribution is 2.17. The van der Waals surface area contributed by atoms with Crippen molar-refractivity contribution >= 4 is 23.5 Å². The molecule has 6 heteroatoms. The van der Waals surface area contributed by atoms with Gasteiger partial charge in [0.1, 0.15) is 6.54 Å². The first kappa shape index (κ1) is 17.0. The zero-order valence-corrected chi connectivity index (χ0v) is 12.4. The molecule has 1 aromatic carbocycles. The van der Waals surface area contributed by atoms with Crippen molar-refractivity contribution in [2.45, 2.75) is 13.3 Å². The van der Waals surface area contributed by atoms with E-state index < -0.39 is 11.9 Å². The molecule has 2 N–H and O–H groups in total. The number of ether oxygens (including phenoxy) is 1. The number of hydrogen-bond donors (Lipinski definition) is 2. The van der Waals surface area contributed by atoms with Crippen LogP contribution in [0.5, 0.6) is 0 Å². The third kappa shape index (κ3) is 5.86. The van der Waals surface area contributed by atoms with Crippen LogP contribution in [0.1, 0.15) is 29.3 Å². The first-order chi connectivity index (χ1) is 10.1. The molecule has 0 aromatic heterocycles. The van der Waals surface area contributed by atoms with E-state index in [0.717, 1.165) is 0 Å². The summed E-state index contributed by atoms with van der Waals surface area (Å²) < 4.78 is 4.71. The minimum Gasteiger partial charge on any atom is -0.465 e. The standard InChI is InChI=1S/C15H16ClNO4/c1-2-21-14(19)10-17-15(20)12-7-6-11(13(16)9-12)5-3-4-8-18/h6-7,9,18H,2,4,8,10H2,1H3,(H,17,20). The van der Waals surface area contributed by atoms with Crippen LogP contribution in [0.15, 0.2) is 18.2 Å². The predicted octanol–water partition coefficient (Wildman–Crippen LogP) is 1.37. The molecule has 1 amide bonds. The maximum absolute atomic E-state index is 11.8. The summed E-state index contributed by atoms with van der Waals surface area (Å²) in [6.45, 7) is 1.75. The van der Waals surface area contributed by atoms with Gasteiger partial charge in [0.05, 0.1) is 18.2 Å². The van der Waals surface area contributed by atoms with Crippen molar-refractivity contribution in [2.24, 2.45) is 0 Å². The SMILES string of the molecule is CCOC(=O)CNC(=O)c1ccc(C#CCCO)c(Cl)c1. The second-order valence-corrected chi connectivity index (χ2v) is 4.36. The number of halogens is 1. The molecule has 0 atom stereocenters. The lowest BCUT2D eigenvalue weighted by Gasteiger charge is -2.06. The normalized spacial score (nSPS) is 9.48. The highest BCUT2D eigenvalue weighted by atomic mass is 35.5. The van der Waals surface area contributed by atoms with Crippen molar-refractivity contribution in [1.29, 1.82) is 0 Å². The Kier molecular flexibility index (Phi) is 7.30. The van der Waals surface area contributed by atoms with E-state index in [-0.39, 0.29) is 19.8 Å². The number of benzene rings is 1. The van der Waals surface area contributed by atoms with Crippen molar-refractivity contribution in [3.05, 3.63) is 34.3 Å². The van der Waals surface area contributed by atoms with Gasteiger partial charge in [-0.3, -0.25) is 9.59 Å². The lowest BCUT2D eigenvalue weighted by atomic mass is 10.1. The molecule has 0 aliphatic carbocycles. The van der Waals surface area contributed by atoms with E-state index in [0.29, 0.717) is 22.6 Å². The Morgan fingerprint density at radius 1 is 1.43 bits per heavy atom. The molecular formula is C15H16ClNO4. The van der Waals surface area contributed by atoms with Gasteiger partial charge in [0, 0.05) is 17.5 Å². The lowest BCUT2D eigenvalue weighted by molar-refractivity contribution is -0.141. The number of nitrogens with one attached hydrogen (secondary N) is 1. The Balaban J connectivity index is 2.68. The number of rotatable bonds is 5. The van der Waals surface area contributed by atoms with E-state index in [9.17, 15) is 9.59 Å². The van der Waals surface area contributed by atoms with Gasteiger partial charge in [-0.1, -0.05) is 23.4 Å². The van der Waals surface area contributed by atoms with Crippen molar-refractivity contribution in [1.82, 2.24) is 5.32 Å². The van der Waals surface area contributed by atoms with Crippen molar-refractivity contribution in [2.75, 3.05) is 19.8 Å². The van der Waals surface area contributed by atoms with Crippen LogP contribution < -0.4 is 5.32 Å². The van der Waals surface area contributed by atoms with Crippen LogP contribution in [-0.2, 0) is 9.53 Å². The van der Waals surface area contributed by atoms with E-state index >= 15 is 0 Å². The Bertz CT molecular complexity index is 575. The Morgan fingerprint density at radius 2 is 2.19 bits per heavy atom. The minimum absolute atomic E-state index is 0.0149. The minimum atomic E-state index is -0.497. The third-order valence-corrected chi connectivity index (χ3v) is 2.70. The molecule has 1 rings (SSSR count). The topological polar surface area (TPSA) is 75.6 Å². The number of hydrogen-bond acceptors (Lipinski definition) is 4.